The summed E-state index contributed by atoms with van der Waals surface area (Å²) in [5, 5.41) is 0. The number of methoxy groups -OCH3 is 1. The van der Waals surface area contributed by atoms with E-state index < -0.39 is 11.9 Å². The molecule has 0 heterocycles. The van der Waals surface area contributed by atoms with Crippen molar-refractivity contribution in [3.63, 3.8) is 0 Å². The van der Waals surface area contributed by atoms with Gasteiger partial charge in [-0.05, 0) is 29.0 Å². The first kappa shape index (κ1) is 14.5. The number of carbonyl (C=O) groups excluding carboxylic acids is 1. The first-order valence-electron chi connectivity index (χ1n) is 5.98. The van der Waals surface area contributed by atoms with Crippen LogP contribution in [0.4, 0.5) is 0 Å². The third-order valence-corrected chi connectivity index (χ3v) is 2.89. The second-order valence-electron chi connectivity index (χ2n) is 5.50. The van der Waals surface area contributed by atoms with E-state index >= 15 is 0 Å². The Hall–Kier alpha value is -1.55. The van der Waals surface area contributed by atoms with Crippen molar-refractivity contribution in [2.75, 3.05) is 7.11 Å². The molecule has 1 aromatic carbocycles. The summed E-state index contributed by atoms with van der Waals surface area (Å²) in [6.45, 7) is 6.34. The number of hydrogen-bond acceptors (Lipinski definition) is 3. The van der Waals surface area contributed by atoms with Gasteiger partial charge in [0.05, 0.1) is 13.2 Å². The lowest BCUT2D eigenvalue weighted by Gasteiger charge is -2.23. The van der Waals surface area contributed by atoms with Gasteiger partial charge in [-0.3, -0.25) is 4.79 Å². The molecule has 18 heavy (non-hydrogen) atoms. The quantitative estimate of drug-likeness (QED) is 0.846. The van der Waals surface area contributed by atoms with Crippen LogP contribution in [0, 0.1) is 0 Å². The zero-order valence-electron chi connectivity index (χ0n) is 11.5. The van der Waals surface area contributed by atoms with E-state index in [4.69, 9.17) is 16.2 Å². The van der Waals surface area contributed by atoms with Crippen LogP contribution in [-0.2, 0) is 16.6 Å². The number of primary amides is 1. The topological polar surface area (TPSA) is 78.3 Å². The maximum Gasteiger partial charge on any atom is 0.234 e. The average molecular weight is 250 g/mol. The highest BCUT2D eigenvalue weighted by atomic mass is 16.5. The number of carbonyl (C=O) groups is 1. The molecule has 1 unspecified atom stereocenters. The van der Waals surface area contributed by atoms with Gasteiger partial charge in [0, 0.05) is 0 Å². The molecule has 0 aromatic heterocycles. The lowest BCUT2D eigenvalue weighted by atomic mass is 9.84. The fourth-order valence-corrected chi connectivity index (χ4v) is 1.82. The molecule has 4 nitrogen and oxygen atoms in total. The van der Waals surface area contributed by atoms with Gasteiger partial charge >= 0.3 is 0 Å². The van der Waals surface area contributed by atoms with Crippen molar-refractivity contribution in [2.45, 2.75) is 38.6 Å². The second kappa shape index (κ2) is 5.40. The maximum atomic E-state index is 11.0. The van der Waals surface area contributed by atoms with Gasteiger partial charge in [-0.2, -0.15) is 0 Å². The number of benzene rings is 1. The van der Waals surface area contributed by atoms with Crippen LogP contribution in [0.5, 0.6) is 5.75 Å². The highest BCUT2D eigenvalue weighted by Crippen LogP contribution is 2.32. The standard InChI is InChI=1S/C14H22N2O2/c1-14(2,3)10-7-9(5-6-12(10)18-4)8-11(15)13(16)17/h5-7,11H,8,15H2,1-4H3,(H2,16,17). The zero-order chi connectivity index (χ0) is 13.9. The lowest BCUT2D eigenvalue weighted by molar-refractivity contribution is -0.119. The Morgan fingerprint density at radius 3 is 2.44 bits per heavy atom. The largest absolute Gasteiger partial charge is 0.496 e. The van der Waals surface area contributed by atoms with Crippen molar-refractivity contribution >= 4 is 5.91 Å². The Balaban J connectivity index is 3.07. The maximum absolute atomic E-state index is 11.0. The van der Waals surface area contributed by atoms with Gasteiger partial charge in [0.25, 0.3) is 0 Å². The summed E-state index contributed by atoms with van der Waals surface area (Å²) in [5.74, 6) is 0.363. The molecule has 0 saturated carbocycles. The molecule has 4 heteroatoms. The summed E-state index contributed by atoms with van der Waals surface area (Å²) in [7, 11) is 1.65. The Bertz CT molecular complexity index is 436. The van der Waals surface area contributed by atoms with Crippen LogP contribution in [0.2, 0.25) is 0 Å². The van der Waals surface area contributed by atoms with Gasteiger partial charge in [0.1, 0.15) is 5.75 Å². The normalized spacial score (nSPS) is 13.2. The van der Waals surface area contributed by atoms with Gasteiger partial charge in [-0.25, -0.2) is 0 Å². The van der Waals surface area contributed by atoms with E-state index in [-0.39, 0.29) is 5.41 Å². The summed E-state index contributed by atoms with van der Waals surface area (Å²) >= 11 is 0. The molecule has 1 rings (SSSR count). The van der Waals surface area contributed by atoms with Gasteiger partial charge < -0.3 is 16.2 Å². The smallest absolute Gasteiger partial charge is 0.234 e. The minimum absolute atomic E-state index is 0.0296. The van der Waals surface area contributed by atoms with Crippen molar-refractivity contribution in [3.8, 4) is 5.75 Å². The van der Waals surface area contributed by atoms with Crippen LogP contribution < -0.4 is 16.2 Å². The van der Waals surface area contributed by atoms with E-state index in [9.17, 15) is 4.79 Å². The Labute approximate surface area is 108 Å². The molecule has 1 amide bonds. The summed E-state index contributed by atoms with van der Waals surface area (Å²) < 4.78 is 5.36. The predicted octanol–water partition coefficient (Wildman–Crippen LogP) is 1.35. The highest BCUT2D eigenvalue weighted by molar-refractivity contribution is 5.79. The van der Waals surface area contributed by atoms with E-state index in [1.807, 2.05) is 18.2 Å². The van der Waals surface area contributed by atoms with Crippen LogP contribution >= 0.6 is 0 Å². The van der Waals surface area contributed by atoms with Gasteiger partial charge in [0.2, 0.25) is 5.91 Å². The molecule has 0 aliphatic heterocycles. The first-order valence-corrected chi connectivity index (χ1v) is 5.98. The molecular formula is C14H22N2O2. The third kappa shape index (κ3) is 3.47. The minimum Gasteiger partial charge on any atom is -0.496 e. The monoisotopic (exact) mass is 250 g/mol. The Kier molecular flexibility index (Phi) is 4.35. The summed E-state index contributed by atoms with van der Waals surface area (Å²) in [4.78, 5) is 11.0. The third-order valence-electron chi connectivity index (χ3n) is 2.89. The summed E-state index contributed by atoms with van der Waals surface area (Å²) in [5.41, 5.74) is 12.9. The molecule has 0 radical (unpaired) electrons. The number of rotatable bonds is 4. The molecule has 0 aliphatic rings. The van der Waals surface area contributed by atoms with Crippen molar-refractivity contribution in [1.82, 2.24) is 0 Å². The molecule has 100 valence electrons. The highest BCUT2D eigenvalue weighted by Gasteiger charge is 2.20. The number of nitrogens with two attached hydrogens (primary N) is 2. The molecule has 1 aromatic rings. The molecule has 0 spiro atoms. The SMILES string of the molecule is COc1ccc(CC(N)C(N)=O)cc1C(C)(C)C. The summed E-state index contributed by atoms with van der Waals surface area (Å²) in [6.07, 6.45) is 0.447. The lowest BCUT2D eigenvalue weighted by Crippen LogP contribution is -2.38. The van der Waals surface area contributed by atoms with Crippen molar-refractivity contribution in [2.24, 2.45) is 11.5 Å². The Morgan fingerprint density at radius 2 is 2.00 bits per heavy atom. The Morgan fingerprint density at radius 1 is 1.39 bits per heavy atom. The van der Waals surface area contributed by atoms with Crippen LogP contribution in [0.15, 0.2) is 18.2 Å². The van der Waals surface area contributed by atoms with Crippen molar-refractivity contribution in [3.05, 3.63) is 29.3 Å². The zero-order valence-corrected chi connectivity index (χ0v) is 11.5. The molecule has 0 bridgehead atoms. The molecular weight excluding hydrogens is 228 g/mol. The van der Waals surface area contributed by atoms with E-state index in [1.54, 1.807) is 7.11 Å². The van der Waals surface area contributed by atoms with Crippen LogP contribution in [0.25, 0.3) is 0 Å². The molecule has 0 saturated heterocycles. The van der Waals surface area contributed by atoms with Crippen LogP contribution in [-0.4, -0.2) is 19.1 Å². The molecule has 4 N–H and O–H groups in total. The number of amides is 1. The fourth-order valence-electron chi connectivity index (χ4n) is 1.82. The first-order chi connectivity index (χ1) is 8.25. The molecule has 0 fully saturated rings. The fraction of sp³-hybridized carbons (Fsp3) is 0.500. The van der Waals surface area contributed by atoms with Crippen molar-refractivity contribution < 1.29 is 9.53 Å². The van der Waals surface area contributed by atoms with E-state index in [0.717, 1.165) is 16.9 Å². The van der Waals surface area contributed by atoms with Crippen LogP contribution in [0.1, 0.15) is 31.9 Å². The van der Waals surface area contributed by atoms with E-state index in [0.29, 0.717) is 6.42 Å². The van der Waals surface area contributed by atoms with Gasteiger partial charge in [-0.1, -0.05) is 32.9 Å². The van der Waals surface area contributed by atoms with Gasteiger partial charge in [0.15, 0.2) is 0 Å². The average Bonchev–Trinajstić information content (AvgIpc) is 2.27. The van der Waals surface area contributed by atoms with Crippen LogP contribution in [0.3, 0.4) is 0 Å². The van der Waals surface area contributed by atoms with E-state index in [2.05, 4.69) is 20.8 Å². The molecule has 1 atom stereocenters. The number of hydrogen-bond donors (Lipinski definition) is 2. The minimum atomic E-state index is -0.647. The predicted molar refractivity (Wildman–Crippen MR) is 72.6 cm³/mol. The van der Waals surface area contributed by atoms with Crippen molar-refractivity contribution in [1.29, 1.82) is 0 Å². The van der Waals surface area contributed by atoms with Gasteiger partial charge in [-0.15, -0.1) is 0 Å². The molecule has 0 aliphatic carbocycles. The van der Waals surface area contributed by atoms with E-state index in [1.165, 1.54) is 0 Å². The summed E-state index contributed by atoms with van der Waals surface area (Å²) in [6, 6.07) is 5.20. The number of ether oxygens (including phenoxy) is 1. The second-order valence-corrected chi connectivity index (χ2v) is 5.50.